The number of alkyl halides is 9. The average Bonchev–Trinajstić information content (AvgIpc) is 1.62. The second-order valence-corrected chi connectivity index (χ2v) is 39.0. The number of ether oxygens (including phenoxy) is 4. The summed E-state index contributed by atoms with van der Waals surface area (Å²) < 4.78 is 246. The van der Waals surface area contributed by atoms with Gasteiger partial charge in [0, 0.05) is 63.0 Å². The number of aromatic amines is 4. The maximum atomic E-state index is 13.7. The molecule has 24 nitrogen and oxygen atoms in total. The molecule has 4 heterocycles. The summed E-state index contributed by atoms with van der Waals surface area (Å²) in [7, 11) is -15.4. The summed E-state index contributed by atoms with van der Waals surface area (Å²) >= 11 is 21.8. The van der Waals surface area contributed by atoms with Gasteiger partial charge in [-0.25, -0.2) is 52.6 Å². The van der Waals surface area contributed by atoms with Crippen LogP contribution in [-0.4, -0.2) is 129 Å². The van der Waals surface area contributed by atoms with Gasteiger partial charge >= 0.3 is 18.5 Å². The Morgan fingerprint density at radius 1 is 0.364 bits per heavy atom. The zero-order valence-corrected chi connectivity index (χ0v) is 77.2. The van der Waals surface area contributed by atoms with E-state index in [1.165, 1.54) is 36.4 Å². The number of carbonyl (C=O) groups excluding carboxylic acids is 4. The first-order valence-electron chi connectivity index (χ1n) is 39.0. The van der Waals surface area contributed by atoms with Crippen LogP contribution in [0.15, 0.2) is 162 Å². The molecule has 0 saturated heterocycles. The Kier molecular flexibility index (Phi) is 32.1. The highest BCUT2D eigenvalue weighted by Gasteiger charge is 2.39. The molecule has 0 bridgehead atoms. The number of halogens is 13. The SMILES string of the molecule is CS(=O)(=O)NC(=O)c1[nH]c2cccc(C(F)(F)F)c2c1CCCOc1cccc2ccccc12.Cc1cc(OCCCc2c(C(=O)NS(C)(=O)=O)[nH]c3c(Br)cccc23)cc(C)c1Cl.Cc1cc(OCCCc2c(C(=O)NS(C)(=O)=O)[nH]c3cccc(C(F)(F)F)c23)cc(C)c1Cl.Cc1cc(OCCCc2c(C(=O)NS(C)(=O)=O)[nH]c3cccc(C(F)(F)F)c23)ccc1Cl. The fourth-order valence-corrected chi connectivity index (χ4v) is 16.9. The van der Waals surface area contributed by atoms with Crippen molar-refractivity contribution >= 4 is 169 Å². The molecular weight excluding hydrogens is 1910 g/mol. The molecule has 0 aliphatic heterocycles. The van der Waals surface area contributed by atoms with Gasteiger partial charge in [-0.05, 0) is 248 Å². The Balaban J connectivity index is 0.000000179. The molecule has 41 heteroatoms. The average molecular weight is 2000 g/mol. The smallest absolute Gasteiger partial charge is 0.417 e. The van der Waals surface area contributed by atoms with E-state index < -0.39 is 98.9 Å². The van der Waals surface area contributed by atoms with Crippen LogP contribution >= 0.6 is 50.7 Å². The third kappa shape index (κ3) is 26.6. The van der Waals surface area contributed by atoms with Crippen molar-refractivity contribution in [2.24, 2.45) is 0 Å². The van der Waals surface area contributed by atoms with Crippen molar-refractivity contribution in [3.63, 3.8) is 0 Å². The van der Waals surface area contributed by atoms with Gasteiger partial charge < -0.3 is 38.9 Å². The molecule has 9 aromatic carbocycles. The molecule has 0 atom stereocenters. The van der Waals surface area contributed by atoms with Gasteiger partial charge in [0.25, 0.3) is 23.6 Å². The highest BCUT2D eigenvalue weighted by molar-refractivity contribution is 9.10. The number of H-pyrrole nitrogens is 4. The summed E-state index contributed by atoms with van der Waals surface area (Å²) in [4.78, 5) is 61.1. The van der Waals surface area contributed by atoms with Crippen LogP contribution < -0.4 is 37.8 Å². The largest absolute Gasteiger partial charge is 0.494 e. The van der Waals surface area contributed by atoms with Crippen LogP contribution in [-0.2, 0) is 84.3 Å². The topological polar surface area (TPSA) is 353 Å². The van der Waals surface area contributed by atoms with E-state index in [-0.39, 0.29) is 124 Å². The molecule has 4 amide bonds. The summed E-state index contributed by atoms with van der Waals surface area (Å²) in [5.41, 5.74) is 3.22. The lowest BCUT2D eigenvalue weighted by Gasteiger charge is -2.12. The monoisotopic (exact) mass is 1990 g/mol. The Labute approximate surface area is 759 Å². The van der Waals surface area contributed by atoms with E-state index in [4.69, 9.17) is 53.8 Å². The van der Waals surface area contributed by atoms with E-state index >= 15 is 0 Å². The van der Waals surface area contributed by atoms with Crippen molar-refractivity contribution in [2.75, 3.05) is 51.5 Å². The molecule has 0 spiro atoms. The number of hydrogen-bond donors (Lipinski definition) is 8. The first kappa shape index (κ1) is 100. The number of aryl methyl sites for hydroxylation is 9. The third-order valence-corrected chi connectivity index (χ3v) is 24.2. The lowest BCUT2D eigenvalue weighted by molar-refractivity contribution is -0.137. The predicted molar refractivity (Wildman–Crippen MR) is 482 cm³/mol. The van der Waals surface area contributed by atoms with Gasteiger partial charge in [-0.2, -0.15) is 39.5 Å². The normalized spacial score (nSPS) is 12.1. The summed E-state index contributed by atoms with van der Waals surface area (Å²) in [5.74, 6) is -1.25. The van der Waals surface area contributed by atoms with E-state index in [1.54, 1.807) is 45.8 Å². The van der Waals surface area contributed by atoms with Crippen molar-refractivity contribution in [1.29, 1.82) is 0 Å². The van der Waals surface area contributed by atoms with Crippen molar-refractivity contribution in [1.82, 2.24) is 38.8 Å². The van der Waals surface area contributed by atoms with Gasteiger partial charge in [0.15, 0.2) is 0 Å². The molecule has 0 saturated carbocycles. The maximum Gasteiger partial charge on any atom is 0.417 e. The fraction of sp³-hybridized carbons (Fsp3) is 0.273. The first-order valence-corrected chi connectivity index (χ1v) is 48.5. The van der Waals surface area contributed by atoms with Crippen molar-refractivity contribution in [3.05, 3.63) is 267 Å². The molecule has 13 aromatic rings. The minimum atomic E-state index is -4.66. The van der Waals surface area contributed by atoms with Crippen LogP contribution in [0.25, 0.3) is 54.4 Å². The summed E-state index contributed by atoms with van der Waals surface area (Å²) in [6.45, 7) is 10.3. The van der Waals surface area contributed by atoms with Crippen LogP contribution in [0.2, 0.25) is 15.1 Å². The number of aromatic nitrogens is 4. The molecular formula is C88H85BrCl3F9N8O16S4. The van der Waals surface area contributed by atoms with E-state index in [2.05, 4.69) is 35.9 Å². The zero-order valence-electron chi connectivity index (χ0n) is 70.1. The van der Waals surface area contributed by atoms with Crippen LogP contribution in [0.5, 0.6) is 23.0 Å². The fourth-order valence-electron chi connectivity index (χ4n) is 14.3. The Morgan fingerprint density at radius 3 is 1.04 bits per heavy atom. The van der Waals surface area contributed by atoms with Crippen LogP contribution in [0.4, 0.5) is 39.5 Å². The second-order valence-electron chi connectivity index (χ2n) is 30.0. The Morgan fingerprint density at radius 2 is 0.674 bits per heavy atom. The standard InChI is InChI=1S/C24H21F3N2O4S.C22H22ClF3N2O4S.C21H22BrClN2O4S.C21H20ClF3N2O4S/c1-34(31,32)29-23(30)22-17(21-18(24(25,26)27)11-5-12-19(21)28-22)10-6-14-33-20-13-4-8-15-7-2-3-9-16(15)20;1-12-10-14(11-13(2)19(12)23)32-9-5-6-15-18-16(22(24,25)26)7-4-8-17(18)27-20(15)21(29)28-33(3,30)31;1-12-10-14(11-13(2)18(12)23)29-9-5-7-16-15-6-4-8-17(22)19(15)24-20(16)21(26)25-30(3,27)28;1-12-11-13(8-9-16(12)22)31-10-4-5-14-18-15(21(23,24)25)6-3-7-17(18)26-19(14)20(28)27-32(2,29)30/h2-5,7-9,11-13,28H,6,10,14H2,1H3,(H,29,30);4,7-8,10-11,27H,5-6,9H2,1-3H3,(H,28,29);4,6,8,10-11,24H,5,7,9H2,1-3H3,(H,25,26);3,6-9,11,26H,4-5,10H2,1-2H3,(H,27,28). The Hall–Kier alpha value is -11.0. The van der Waals surface area contributed by atoms with Gasteiger partial charge in [-0.1, -0.05) is 102 Å². The molecule has 0 fully saturated rings. The quantitative estimate of drug-likeness (QED) is 0.0167. The number of hydrogen-bond acceptors (Lipinski definition) is 16. The summed E-state index contributed by atoms with van der Waals surface area (Å²) in [6.07, 6.45) is -8.46. The molecule has 8 N–H and O–H groups in total. The van der Waals surface area contributed by atoms with E-state index in [1.807, 2.05) is 111 Å². The van der Waals surface area contributed by atoms with Gasteiger partial charge in [0.1, 0.15) is 45.8 Å². The van der Waals surface area contributed by atoms with Gasteiger partial charge in [-0.15, -0.1) is 0 Å². The number of benzene rings is 9. The van der Waals surface area contributed by atoms with Crippen molar-refractivity contribution in [2.45, 2.75) is 105 Å². The number of sulfonamides is 4. The maximum absolute atomic E-state index is 13.7. The number of fused-ring (bicyclic) bond motifs is 5. The predicted octanol–water partition coefficient (Wildman–Crippen LogP) is 20.0. The third-order valence-electron chi connectivity index (χ3n) is 19.7. The van der Waals surface area contributed by atoms with E-state index in [0.29, 0.717) is 53.2 Å². The lowest BCUT2D eigenvalue weighted by atomic mass is 10.0. The van der Waals surface area contributed by atoms with E-state index in [0.717, 1.165) is 114 Å². The molecule has 0 radical (unpaired) electrons. The number of para-hydroxylation sites is 1. The molecule has 0 aliphatic carbocycles. The molecule has 13 rings (SSSR count). The number of rotatable bonds is 28. The van der Waals surface area contributed by atoms with Crippen LogP contribution in [0.3, 0.4) is 0 Å². The van der Waals surface area contributed by atoms with Crippen molar-refractivity contribution in [3.8, 4) is 23.0 Å². The molecule has 0 aliphatic rings. The zero-order chi connectivity index (χ0) is 94.8. The molecule has 129 heavy (non-hydrogen) atoms. The van der Waals surface area contributed by atoms with Gasteiger partial charge in [0.2, 0.25) is 40.1 Å². The summed E-state index contributed by atoms with van der Waals surface area (Å²) in [5, 5.41) is 4.21. The first-order chi connectivity index (χ1) is 60.2. The van der Waals surface area contributed by atoms with E-state index in [9.17, 15) is 92.4 Å². The highest BCUT2D eigenvalue weighted by atomic mass is 79.9. The van der Waals surface area contributed by atoms with Crippen molar-refractivity contribution < 1.29 is 111 Å². The number of carbonyl (C=O) groups is 4. The van der Waals surface area contributed by atoms with Gasteiger partial charge in [-0.3, -0.25) is 19.2 Å². The number of nitrogens with one attached hydrogen (secondary N) is 8. The minimum absolute atomic E-state index is 0.0468. The molecule has 4 aromatic heterocycles. The van der Waals surface area contributed by atoms with Crippen LogP contribution in [0.1, 0.15) is 134 Å². The molecule has 688 valence electrons. The lowest BCUT2D eigenvalue weighted by Crippen LogP contribution is -2.30. The van der Waals surface area contributed by atoms with Gasteiger partial charge in [0.05, 0.1) is 73.7 Å². The highest BCUT2D eigenvalue weighted by Crippen LogP contribution is 2.43. The molecule has 0 unspecified atom stereocenters. The van der Waals surface area contributed by atoms with Crippen LogP contribution in [0, 0.1) is 34.6 Å². The second kappa shape index (κ2) is 41.4. The number of amides is 4. The minimum Gasteiger partial charge on any atom is -0.494 e. The summed E-state index contributed by atoms with van der Waals surface area (Å²) in [6, 6.07) is 41.9. The Bertz CT molecular complexity index is 6870.